The van der Waals surface area contributed by atoms with Gasteiger partial charge < -0.3 is 19.3 Å². The lowest BCUT2D eigenvalue weighted by molar-refractivity contribution is 0.0935. The molecule has 0 aliphatic carbocycles. The van der Waals surface area contributed by atoms with E-state index in [1.54, 1.807) is 25.1 Å². The number of aromatic amines is 1. The summed E-state index contributed by atoms with van der Waals surface area (Å²) in [5.74, 6) is 1.15. The lowest BCUT2D eigenvalue weighted by Crippen LogP contribution is -2.36. The summed E-state index contributed by atoms with van der Waals surface area (Å²) in [6.07, 6.45) is 0. The van der Waals surface area contributed by atoms with E-state index in [4.69, 9.17) is 4.42 Å². The van der Waals surface area contributed by atoms with Gasteiger partial charge in [-0.05, 0) is 51.1 Å². The molecule has 2 heterocycles. The van der Waals surface area contributed by atoms with Crippen LogP contribution >= 0.6 is 0 Å². The molecule has 0 fully saturated rings. The highest BCUT2D eigenvalue weighted by atomic mass is 16.3. The number of furan rings is 1. The van der Waals surface area contributed by atoms with E-state index >= 15 is 0 Å². The smallest absolute Gasteiger partial charge is 0.316 e. The van der Waals surface area contributed by atoms with Crippen molar-refractivity contribution in [3.63, 3.8) is 0 Å². The van der Waals surface area contributed by atoms with Crippen LogP contribution in [0.3, 0.4) is 0 Å². The zero-order valence-electron chi connectivity index (χ0n) is 14.3. The Labute approximate surface area is 143 Å². The minimum Gasteiger partial charge on any atom is -0.464 e. The SMILES string of the molecule is CCn1c(=O)c(=O)[nH]c2cc(C(=O)NC(C)c3ccc(C)o3)ccc21. The number of nitrogens with zero attached hydrogens (tertiary/aromatic N) is 1. The summed E-state index contributed by atoms with van der Waals surface area (Å²) in [6.45, 7) is 5.83. The summed E-state index contributed by atoms with van der Waals surface area (Å²) in [4.78, 5) is 38.6. The van der Waals surface area contributed by atoms with Gasteiger partial charge in [0.25, 0.3) is 5.91 Å². The van der Waals surface area contributed by atoms with Crippen molar-refractivity contribution in [1.82, 2.24) is 14.9 Å². The fourth-order valence-corrected chi connectivity index (χ4v) is 2.77. The number of amides is 1. The highest BCUT2D eigenvalue weighted by Gasteiger charge is 2.15. The molecular weight excluding hydrogens is 322 g/mol. The largest absolute Gasteiger partial charge is 0.464 e. The van der Waals surface area contributed by atoms with Crippen molar-refractivity contribution in [1.29, 1.82) is 0 Å². The Hall–Kier alpha value is -3.09. The van der Waals surface area contributed by atoms with Crippen LogP contribution in [0.25, 0.3) is 11.0 Å². The number of hydrogen-bond acceptors (Lipinski definition) is 4. The maximum absolute atomic E-state index is 12.5. The minimum atomic E-state index is -0.702. The molecular formula is C18H19N3O4. The van der Waals surface area contributed by atoms with Crippen LogP contribution in [0.1, 0.15) is 41.8 Å². The normalized spacial score (nSPS) is 12.3. The molecule has 130 valence electrons. The average molecular weight is 341 g/mol. The molecule has 0 aliphatic rings. The molecule has 0 saturated heterocycles. The van der Waals surface area contributed by atoms with E-state index in [1.807, 2.05) is 26.0 Å². The quantitative estimate of drug-likeness (QED) is 0.710. The molecule has 0 spiro atoms. The van der Waals surface area contributed by atoms with Gasteiger partial charge in [-0.15, -0.1) is 0 Å². The van der Waals surface area contributed by atoms with Gasteiger partial charge in [-0.1, -0.05) is 0 Å². The Bertz CT molecular complexity index is 1060. The summed E-state index contributed by atoms with van der Waals surface area (Å²) >= 11 is 0. The molecule has 2 aromatic heterocycles. The second-order valence-corrected chi connectivity index (χ2v) is 5.88. The third-order valence-corrected chi connectivity index (χ3v) is 4.09. The highest BCUT2D eigenvalue weighted by molar-refractivity contribution is 5.97. The van der Waals surface area contributed by atoms with E-state index in [1.165, 1.54) is 4.57 Å². The number of carbonyl (C=O) groups is 1. The summed E-state index contributed by atoms with van der Waals surface area (Å²) in [6, 6.07) is 8.22. The number of aryl methyl sites for hydroxylation is 2. The molecule has 2 N–H and O–H groups in total. The van der Waals surface area contributed by atoms with Crippen molar-refractivity contribution < 1.29 is 9.21 Å². The Morgan fingerprint density at radius 1 is 1.28 bits per heavy atom. The summed E-state index contributed by atoms with van der Waals surface area (Å²) in [5.41, 5.74) is 0.110. The predicted octanol–water partition coefficient (Wildman–Crippen LogP) is 2.10. The van der Waals surface area contributed by atoms with Crippen molar-refractivity contribution in [3.05, 3.63) is 68.1 Å². The number of H-pyrrole nitrogens is 1. The van der Waals surface area contributed by atoms with Crippen molar-refractivity contribution in [2.75, 3.05) is 0 Å². The third-order valence-electron chi connectivity index (χ3n) is 4.09. The first-order chi connectivity index (χ1) is 11.9. The van der Waals surface area contributed by atoms with Gasteiger partial charge in [-0.2, -0.15) is 0 Å². The lowest BCUT2D eigenvalue weighted by atomic mass is 10.1. The monoisotopic (exact) mass is 341 g/mol. The summed E-state index contributed by atoms with van der Waals surface area (Å²) in [7, 11) is 0. The fourth-order valence-electron chi connectivity index (χ4n) is 2.77. The average Bonchev–Trinajstić information content (AvgIpc) is 3.02. The minimum absolute atomic E-state index is 0.291. The molecule has 3 aromatic rings. The van der Waals surface area contributed by atoms with Crippen LogP contribution in [-0.2, 0) is 6.54 Å². The number of nitrogens with one attached hydrogen (secondary N) is 2. The molecule has 0 aliphatic heterocycles. The molecule has 7 nitrogen and oxygen atoms in total. The molecule has 1 amide bonds. The van der Waals surface area contributed by atoms with Crippen LogP contribution in [0.4, 0.5) is 0 Å². The van der Waals surface area contributed by atoms with Crippen LogP contribution in [0.2, 0.25) is 0 Å². The molecule has 0 saturated carbocycles. The first kappa shape index (κ1) is 16.8. The number of benzene rings is 1. The maximum Gasteiger partial charge on any atom is 0.316 e. The number of hydrogen-bond donors (Lipinski definition) is 2. The van der Waals surface area contributed by atoms with E-state index in [0.29, 0.717) is 28.9 Å². The lowest BCUT2D eigenvalue weighted by Gasteiger charge is -2.13. The second-order valence-electron chi connectivity index (χ2n) is 5.88. The molecule has 7 heteroatoms. The van der Waals surface area contributed by atoms with Gasteiger partial charge in [0.1, 0.15) is 11.5 Å². The van der Waals surface area contributed by atoms with E-state index in [0.717, 1.165) is 5.76 Å². The number of aromatic nitrogens is 2. The molecule has 1 unspecified atom stereocenters. The van der Waals surface area contributed by atoms with E-state index in [9.17, 15) is 14.4 Å². The van der Waals surface area contributed by atoms with Crippen LogP contribution in [0.5, 0.6) is 0 Å². The van der Waals surface area contributed by atoms with Crippen molar-refractivity contribution in [2.24, 2.45) is 0 Å². The molecule has 25 heavy (non-hydrogen) atoms. The topological polar surface area (TPSA) is 97.1 Å². The zero-order valence-corrected chi connectivity index (χ0v) is 14.3. The number of rotatable bonds is 4. The van der Waals surface area contributed by atoms with Crippen molar-refractivity contribution in [3.8, 4) is 0 Å². The Balaban J connectivity index is 1.93. The highest BCUT2D eigenvalue weighted by Crippen LogP contribution is 2.17. The Morgan fingerprint density at radius 2 is 2.04 bits per heavy atom. The number of fused-ring (bicyclic) bond motifs is 1. The maximum atomic E-state index is 12.5. The third kappa shape index (κ3) is 3.13. The molecule has 3 rings (SSSR count). The first-order valence-electron chi connectivity index (χ1n) is 8.04. The standard InChI is InChI=1S/C18H19N3O4/c1-4-21-14-7-6-12(9-13(14)20-17(23)18(21)24)16(22)19-11(3)15-8-5-10(2)25-15/h5-9,11H,4H2,1-3H3,(H,19,22)(H,20,23). The van der Waals surface area contributed by atoms with Gasteiger partial charge in [0.15, 0.2) is 0 Å². The Morgan fingerprint density at radius 3 is 2.68 bits per heavy atom. The van der Waals surface area contributed by atoms with Crippen molar-refractivity contribution in [2.45, 2.75) is 33.4 Å². The Kier molecular flexibility index (Phi) is 4.31. The molecule has 1 aromatic carbocycles. The van der Waals surface area contributed by atoms with Crippen LogP contribution in [-0.4, -0.2) is 15.5 Å². The van der Waals surface area contributed by atoms with E-state index < -0.39 is 11.1 Å². The van der Waals surface area contributed by atoms with Gasteiger partial charge >= 0.3 is 11.1 Å². The zero-order chi connectivity index (χ0) is 18.1. The first-order valence-corrected chi connectivity index (χ1v) is 8.04. The molecule has 0 radical (unpaired) electrons. The van der Waals surface area contributed by atoms with Crippen LogP contribution < -0.4 is 16.4 Å². The van der Waals surface area contributed by atoms with Crippen molar-refractivity contribution >= 4 is 16.9 Å². The summed E-state index contributed by atoms with van der Waals surface area (Å²) < 4.78 is 6.89. The van der Waals surface area contributed by atoms with Gasteiger partial charge in [0.05, 0.1) is 17.1 Å². The second kappa shape index (κ2) is 6.43. The van der Waals surface area contributed by atoms with Crippen LogP contribution in [0, 0.1) is 6.92 Å². The van der Waals surface area contributed by atoms with Gasteiger partial charge in [0, 0.05) is 12.1 Å². The summed E-state index contributed by atoms with van der Waals surface area (Å²) in [5, 5.41) is 2.85. The van der Waals surface area contributed by atoms with Crippen LogP contribution in [0.15, 0.2) is 44.3 Å². The van der Waals surface area contributed by atoms with E-state index in [2.05, 4.69) is 10.3 Å². The van der Waals surface area contributed by atoms with Gasteiger partial charge in [-0.25, -0.2) is 0 Å². The fraction of sp³-hybridized carbons (Fsp3) is 0.278. The predicted molar refractivity (Wildman–Crippen MR) is 93.8 cm³/mol. The van der Waals surface area contributed by atoms with Gasteiger partial charge in [0.2, 0.25) is 0 Å². The van der Waals surface area contributed by atoms with Gasteiger partial charge in [-0.3, -0.25) is 14.4 Å². The molecule has 1 atom stereocenters. The van der Waals surface area contributed by atoms with E-state index in [-0.39, 0.29) is 11.9 Å². The molecule has 0 bridgehead atoms. The number of carbonyl (C=O) groups excluding carboxylic acids is 1.